The summed E-state index contributed by atoms with van der Waals surface area (Å²) in [5.41, 5.74) is 0. The zero-order valence-corrected chi connectivity index (χ0v) is 10.2. The van der Waals surface area contributed by atoms with Crippen LogP contribution in [0.15, 0.2) is 0 Å². The van der Waals surface area contributed by atoms with Crippen molar-refractivity contribution in [3.63, 3.8) is 0 Å². The lowest BCUT2D eigenvalue weighted by Gasteiger charge is -2.40. The highest BCUT2D eigenvalue weighted by atomic mass is 16.2. The maximum atomic E-state index is 11.9. The Morgan fingerprint density at radius 3 is 2.82 bits per heavy atom. The Morgan fingerprint density at radius 1 is 1.41 bits per heavy atom. The van der Waals surface area contributed by atoms with Crippen molar-refractivity contribution in [2.24, 2.45) is 5.92 Å². The molecule has 0 aromatic rings. The zero-order valence-electron chi connectivity index (χ0n) is 10.2. The van der Waals surface area contributed by atoms with Crippen molar-refractivity contribution in [2.75, 3.05) is 6.54 Å². The number of hydrogen-bond donors (Lipinski definition) is 3. The second-order valence-electron chi connectivity index (χ2n) is 5.01. The molecule has 5 heteroatoms. The highest BCUT2D eigenvalue weighted by molar-refractivity contribution is 5.82. The number of rotatable bonds is 3. The lowest BCUT2D eigenvalue weighted by atomic mass is 9.91. The van der Waals surface area contributed by atoms with Gasteiger partial charge in [-0.15, -0.1) is 0 Å². The van der Waals surface area contributed by atoms with Crippen molar-refractivity contribution in [3.8, 4) is 0 Å². The third-order valence-electron chi connectivity index (χ3n) is 3.78. The van der Waals surface area contributed by atoms with Crippen molar-refractivity contribution in [2.45, 2.75) is 50.9 Å². The van der Waals surface area contributed by atoms with Crippen LogP contribution in [-0.2, 0) is 9.59 Å². The van der Waals surface area contributed by atoms with E-state index in [0.717, 1.165) is 19.3 Å². The van der Waals surface area contributed by atoms with E-state index in [1.54, 1.807) is 0 Å². The minimum absolute atomic E-state index is 0.000650. The molecule has 3 N–H and O–H groups in total. The summed E-state index contributed by atoms with van der Waals surface area (Å²) in [7, 11) is 0. The van der Waals surface area contributed by atoms with E-state index in [0.29, 0.717) is 12.5 Å². The molecule has 0 bridgehead atoms. The van der Waals surface area contributed by atoms with Gasteiger partial charge in [0.15, 0.2) is 0 Å². The van der Waals surface area contributed by atoms with Crippen molar-refractivity contribution in [1.29, 1.82) is 0 Å². The molecule has 0 aromatic carbocycles. The molecule has 2 heterocycles. The Kier molecular flexibility index (Phi) is 4.12. The molecule has 4 atom stereocenters. The summed E-state index contributed by atoms with van der Waals surface area (Å²) in [5.74, 6) is -0.229. The third kappa shape index (κ3) is 2.84. The summed E-state index contributed by atoms with van der Waals surface area (Å²) in [6.45, 7) is 2.99. The van der Waals surface area contributed by atoms with E-state index >= 15 is 0 Å². The minimum atomic E-state index is -0.229. The molecule has 2 aliphatic rings. The number of amides is 1. The molecular weight excluding hydrogens is 218 g/mol. The molecule has 4 unspecified atom stereocenters. The predicted octanol–water partition coefficient (Wildman–Crippen LogP) is -0.232. The van der Waals surface area contributed by atoms with Gasteiger partial charge in [-0.1, -0.05) is 6.42 Å². The van der Waals surface area contributed by atoms with E-state index in [2.05, 4.69) is 16.0 Å². The van der Waals surface area contributed by atoms with Gasteiger partial charge in [-0.2, -0.15) is 0 Å². The molecule has 2 saturated heterocycles. The number of hydrogen-bond acceptors (Lipinski definition) is 4. The molecule has 0 spiro atoms. The van der Waals surface area contributed by atoms with Gasteiger partial charge in [0.25, 0.3) is 0 Å². The van der Waals surface area contributed by atoms with Crippen molar-refractivity contribution < 1.29 is 9.59 Å². The van der Waals surface area contributed by atoms with E-state index in [1.807, 2.05) is 6.92 Å². The summed E-state index contributed by atoms with van der Waals surface area (Å²) in [5, 5.41) is 9.81. The minimum Gasteiger partial charge on any atom is -0.339 e. The molecule has 0 radical (unpaired) electrons. The first-order valence-electron chi connectivity index (χ1n) is 6.46. The van der Waals surface area contributed by atoms with Crippen LogP contribution in [-0.4, -0.2) is 37.0 Å². The standard InChI is InChI=1S/C12H21N3O2/c1-8-9(5-7-16)12(17)15-11(14-8)10-4-2-3-6-13-10/h7-11,13-14H,2-6H2,1H3,(H,15,17). The molecule has 17 heavy (non-hydrogen) atoms. The van der Waals surface area contributed by atoms with Crippen LogP contribution in [0.3, 0.4) is 0 Å². The molecule has 96 valence electrons. The van der Waals surface area contributed by atoms with Crippen LogP contribution in [0.25, 0.3) is 0 Å². The number of piperidine rings is 1. The molecule has 0 aliphatic carbocycles. The zero-order chi connectivity index (χ0) is 12.3. The average Bonchev–Trinajstić information content (AvgIpc) is 2.35. The number of aldehydes is 1. The second kappa shape index (κ2) is 5.60. The molecule has 5 nitrogen and oxygen atoms in total. The van der Waals surface area contributed by atoms with Gasteiger partial charge < -0.3 is 15.4 Å². The van der Waals surface area contributed by atoms with E-state index in [9.17, 15) is 9.59 Å². The first-order valence-corrected chi connectivity index (χ1v) is 6.46. The lowest BCUT2D eigenvalue weighted by molar-refractivity contribution is -0.131. The normalized spacial score (nSPS) is 38.5. The molecule has 0 aromatic heterocycles. The van der Waals surface area contributed by atoms with Crippen LogP contribution >= 0.6 is 0 Å². The molecule has 2 aliphatic heterocycles. The van der Waals surface area contributed by atoms with Crippen molar-refractivity contribution in [3.05, 3.63) is 0 Å². The lowest BCUT2D eigenvalue weighted by Crippen LogP contribution is -2.67. The SMILES string of the molecule is CC1NC(C2CCCCN2)NC(=O)C1CC=O. The van der Waals surface area contributed by atoms with Gasteiger partial charge in [-0.05, 0) is 26.3 Å². The highest BCUT2D eigenvalue weighted by Crippen LogP contribution is 2.17. The quantitative estimate of drug-likeness (QED) is 0.595. The predicted molar refractivity (Wildman–Crippen MR) is 64.3 cm³/mol. The number of carbonyl (C=O) groups excluding carboxylic acids is 2. The maximum Gasteiger partial charge on any atom is 0.226 e. The van der Waals surface area contributed by atoms with Gasteiger partial charge in [-0.3, -0.25) is 10.1 Å². The maximum absolute atomic E-state index is 11.9. The van der Waals surface area contributed by atoms with Gasteiger partial charge in [0, 0.05) is 18.5 Å². The molecule has 2 rings (SSSR count). The second-order valence-corrected chi connectivity index (χ2v) is 5.01. The Labute approximate surface area is 102 Å². The third-order valence-corrected chi connectivity index (χ3v) is 3.78. The fourth-order valence-electron chi connectivity index (χ4n) is 2.72. The summed E-state index contributed by atoms with van der Waals surface area (Å²) in [6, 6.07) is 0.370. The Morgan fingerprint density at radius 2 is 2.24 bits per heavy atom. The number of nitrogens with one attached hydrogen (secondary N) is 3. The fraction of sp³-hybridized carbons (Fsp3) is 0.833. The average molecular weight is 239 g/mol. The molecule has 1 amide bonds. The van der Waals surface area contributed by atoms with Crippen molar-refractivity contribution >= 4 is 12.2 Å². The van der Waals surface area contributed by atoms with E-state index in [4.69, 9.17) is 0 Å². The van der Waals surface area contributed by atoms with Crippen LogP contribution in [0, 0.1) is 5.92 Å². The first-order chi connectivity index (χ1) is 8.22. The van der Waals surface area contributed by atoms with E-state index in [-0.39, 0.29) is 24.0 Å². The van der Waals surface area contributed by atoms with Gasteiger partial charge >= 0.3 is 0 Å². The van der Waals surface area contributed by atoms with Gasteiger partial charge in [-0.25, -0.2) is 0 Å². The Bertz CT molecular complexity index is 289. The molecule has 2 fully saturated rings. The smallest absolute Gasteiger partial charge is 0.226 e. The van der Waals surface area contributed by atoms with Crippen molar-refractivity contribution in [1.82, 2.24) is 16.0 Å². The number of carbonyl (C=O) groups is 2. The summed E-state index contributed by atoms with van der Waals surface area (Å²) in [6.07, 6.45) is 4.62. The summed E-state index contributed by atoms with van der Waals surface area (Å²) >= 11 is 0. The van der Waals surface area contributed by atoms with Crippen LogP contribution < -0.4 is 16.0 Å². The Balaban J connectivity index is 1.95. The van der Waals surface area contributed by atoms with Crippen LogP contribution in [0.5, 0.6) is 0 Å². The molecular formula is C12H21N3O2. The highest BCUT2D eigenvalue weighted by Gasteiger charge is 2.36. The van der Waals surface area contributed by atoms with E-state index < -0.39 is 0 Å². The van der Waals surface area contributed by atoms with Crippen LogP contribution in [0.1, 0.15) is 32.6 Å². The van der Waals surface area contributed by atoms with Crippen LogP contribution in [0.2, 0.25) is 0 Å². The van der Waals surface area contributed by atoms with Gasteiger partial charge in [0.2, 0.25) is 5.91 Å². The van der Waals surface area contributed by atoms with Gasteiger partial charge in [0.1, 0.15) is 6.29 Å². The molecule has 0 saturated carbocycles. The first kappa shape index (κ1) is 12.5. The summed E-state index contributed by atoms with van der Waals surface area (Å²) < 4.78 is 0. The van der Waals surface area contributed by atoms with E-state index in [1.165, 1.54) is 12.8 Å². The largest absolute Gasteiger partial charge is 0.339 e. The van der Waals surface area contributed by atoms with Crippen LogP contribution in [0.4, 0.5) is 0 Å². The monoisotopic (exact) mass is 239 g/mol. The van der Waals surface area contributed by atoms with Gasteiger partial charge in [0.05, 0.1) is 12.1 Å². The Hall–Kier alpha value is -0.940. The topological polar surface area (TPSA) is 70.2 Å². The fourth-order valence-corrected chi connectivity index (χ4v) is 2.72. The summed E-state index contributed by atoms with van der Waals surface area (Å²) in [4.78, 5) is 22.4.